The predicted molar refractivity (Wildman–Crippen MR) is 60.2 cm³/mol. The number of pyridine rings is 1. The van der Waals surface area contributed by atoms with E-state index in [1.165, 1.54) is 5.56 Å². The third kappa shape index (κ3) is 2.17. The number of ketones is 1. The third-order valence-corrected chi connectivity index (χ3v) is 2.98. The molecule has 1 fully saturated rings. The number of aryl methyl sites for hydroxylation is 2. The quantitative estimate of drug-likeness (QED) is 0.700. The van der Waals surface area contributed by atoms with Gasteiger partial charge in [-0.05, 0) is 25.5 Å². The van der Waals surface area contributed by atoms with E-state index in [4.69, 9.17) is 0 Å². The smallest absolute Gasteiger partial charge is 0.136 e. The van der Waals surface area contributed by atoms with Crippen LogP contribution in [0.3, 0.4) is 0 Å². The molecule has 15 heavy (non-hydrogen) atoms. The number of hydrogen-bond acceptors (Lipinski definition) is 3. The zero-order valence-electron chi connectivity index (χ0n) is 9.29. The first-order valence-corrected chi connectivity index (χ1v) is 5.38. The first-order chi connectivity index (χ1) is 7.16. The van der Waals surface area contributed by atoms with E-state index < -0.39 is 0 Å². The number of nitrogens with zero attached hydrogens (tertiary/aromatic N) is 2. The van der Waals surface area contributed by atoms with Crippen LogP contribution >= 0.6 is 0 Å². The van der Waals surface area contributed by atoms with Gasteiger partial charge in [-0.1, -0.05) is 6.07 Å². The molecule has 0 saturated carbocycles. The minimum absolute atomic E-state index is 0.370. The van der Waals surface area contributed by atoms with E-state index in [2.05, 4.69) is 22.9 Å². The summed E-state index contributed by atoms with van der Waals surface area (Å²) in [6.07, 6.45) is 1.32. The van der Waals surface area contributed by atoms with E-state index >= 15 is 0 Å². The second kappa shape index (κ2) is 4.01. The molecular weight excluding hydrogens is 188 g/mol. The van der Waals surface area contributed by atoms with Crippen LogP contribution in [-0.2, 0) is 4.79 Å². The van der Waals surface area contributed by atoms with Crippen molar-refractivity contribution < 1.29 is 4.79 Å². The van der Waals surface area contributed by atoms with Crippen LogP contribution in [0.25, 0.3) is 0 Å². The Bertz CT molecular complexity index is 377. The van der Waals surface area contributed by atoms with Gasteiger partial charge < -0.3 is 4.90 Å². The summed E-state index contributed by atoms with van der Waals surface area (Å²) in [5.74, 6) is 1.38. The molecule has 1 aromatic rings. The monoisotopic (exact) mass is 204 g/mol. The fourth-order valence-corrected chi connectivity index (χ4v) is 1.78. The summed E-state index contributed by atoms with van der Waals surface area (Å²) in [6, 6.07) is 4.13. The maximum atomic E-state index is 11.1. The van der Waals surface area contributed by atoms with E-state index in [1.807, 2.05) is 13.0 Å². The average molecular weight is 204 g/mol. The molecule has 0 N–H and O–H groups in total. The van der Waals surface area contributed by atoms with Gasteiger partial charge in [0.1, 0.15) is 11.6 Å². The number of carbonyl (C=O) groups is 1. The van der Waals surface area contributed by atoms with Crippen LogP contribution in [0.2, 0.25) is 0 Å². The minimum atomic E-state index is 0.370. The van der Waals surface area contributed by atoms with Crippen LogP contribution in [-0.4, -0.2) is 23.9 Å². The lowest BCUT2D eigenvalue weighted by Crippen LogP contribution is -2.34. The molecule has 1 saturated heterocycles. The highest BCUT2D eigenvalue weighted by Crippen LogP contribution is 2.17. The van der Waals surface area contributed by atoms with Crippen LogP contribution in [0.15, 0.2) is 12.1 Å². The molecule has 2 rings (SSSR count). The Balaban J connectivity index is 2.16. The highest BCUT2D eigenvalue weighted by molar-refractivity contribution is 5.80. The number of piperidine rings is 1. The molecule has 1 aliphatic heterocycles. The van der Waals surface area contributed by atoms with Crippen molar-refractivity contribution in [1.82, 2.24) is 4.98 Å². The fourth-order valence-electron chi connectivity index (χ4n) is 1.78. The Labute approximate surface area is 90.1 Å². The molecular formula is C12H16N2O. The summed E-state index contributed by atoms with van der Waals surface area (Å²) < 4.78 is 0. The van der Waals surface area contributed by atoms with E-state index in [0.29, 0.717) is 18.6 Å². The van der Waals surface area contributed by atoms with Crippen LogP contribution in [0, 0.1) is 13.8 Å². The second-order valence-electron chi connectivity index (χ2n) is 4.10. The van der Waals surface area contributed by atoms with Gasteiger partial charge >= 0.3 is 0 Å². The summed E-state index contributed by atoms with van der Waals surface area (Å²) in [6.45, 7) is 5.71. The molecule has 0 aromatic carbocycles. The zero-order chi connectivity index (χ0) is 10.8. The summed E-state index contributed by atoms with van der Waals surface area (Å²) in [4.78, 5) is 17.8. The van der Waals surface area contributed by atoms with Gasteiger partial charge in [-0.25, -0.2) is 4.98 Å². The Morgan fingerprint density at radius 3 is 2.47 bits per heavy atom. The van der Waals surface area contributed by atoms with Gasteiger partial charge in [-0.2, -0.15) is 0 Å². The maximum absolute atomic E-state index is 11.1. The first kappa shape index (κ1) is 10.1. The molecule has 0 aliphatic carbocycles. The van der Waals surface area contributed by atoms with Crippen molar-refractivity contribution in [3.63, 3.8) is 0 Å². The minimum Gasteiger partial charge on any atom is -0.356 e. The van der Waals surface area contributed by atoms with Crippen LogP contribution in [0.5, 0.6) is 0 Å². The number of aromatic nitrogens is 1. The normalized spacial score (nSPS) is 16.9. The molecule has 0 unspecified atom stereocenters. The molecule has 80 valence electrons. The van der Waals surface area contributed by atoms with Crippen molar-refractivity contribution in [3.8, 4) is 0 Å². The Hall–Kier alpha value is -1.38. The van der Waals surface area contributed by atoms with Crippen LogP contribution in [0.4, 0.5) is 5.82 Å². The average Bonchev–Trinajstić information content (AvgIpc) is 2.23. The van der Waals surface area contributed by atoms with Gasteiger partial charge in [0, 0.05) is 31.6 Å². The van der Waals surface area contributed by atoms with Crippen molar-refractivity contribution in [3.05, 3.63) is 23.4 Å². The summed E-state index contributed by atoms with van der Waals surface area (Å²) >= 11 is 0. The van der Waals surface area contributed by atoms with Gasteiger partial charge in [0.05, 0.1) is 0 Å². The van der Waals surface area contributed by atoms with Gasteiger partial charge in [-0.15, -0.1) is 0 Å². The molecule has 1 aromatic heterocycles. The summed E-state index contributed by atoms with van der Waals surface area (Å²) in [5.41, 5.74) is 2.29. The number of carbonyl (C=O) groups excluding carboxylic acids is 1. The zero-order valence-corrected chi connectivity index (χ0v) is 9.29. The lowest BCUT2D eigenvalue weighted by molar-refractivity contribution is -0.119. The highest BCUT2D eigenvalue weighted by atomic mass is 16.1. The number of Topliss-reactive ketones (excluding diaryl/α,β-unsaturated/α-hetero) is 1. The van der Waals surface area contributed by atoms with Gasteiger partial charge in [0.25, 0.3) is 0 Å². The van der Waals surface area contributed by atoms with Crippen molar-refractivity contribution in [1.29, 1.82) is 0 Å². The first-order valence-electron chi connectivity index (χ1n) is 5.38. The van der Waals surface area contributed by atoms with Gasteiger partial charge in [-0.3, -0.25) is 4.79 Å². The molecule has 0 atom stereocenters. The third-order valence-electron chi connectivity index (χ3n) is 2.98. The van der Waals surface area contributed by atoms with Crippen molar-refractivity contribution in [2.45, 2.75) is 26.7 Å². The van der Waals surface area contributed by atoms with Crippen molar-refractivity contribution >= 4 is 11.6 Å². The second-order valence-corrected chi connectivity index (χ2v) is 4.10. The summed E-state index contributed by atoms with van der Waals surface area (Å²) in [5, 5.41) is 0. The molecule has 0 radical (unpaired) electrons. The van der Waals surface area contributed by atoms with Crippen molar-refractivity contribution in [2.75, 3.05) is 18.0 Å². The Morgan fingerprint density at radius 1 is 1.20 bits per heavy atom. The number of anilines is 1. The Morgan fingerprint density at radius 2 is 1.87 bits per heavy atom. The lowest BCUT2D eigenvalue weighted by Gasteiger charge is -2.27. The molecule has 0 amide bonds. The van der Waals surface area contributed by atoms with Crippen LogP contribution < -0.4 is 4.90 Å². The number of rotatable bonds is 1. The standard InChI is InChI=1S/C12H16N2O/c1-9-3-4-12(13-10(9)2)14-7-5-11(15)6-8-14/h3-4H,5-8H2,1-2H3. The van der Waals surface area contributed by atoms with Gasteiger partial charge in [0.15, 0.2) is 0 Å². The molecule has 2 heterocycles. The fraction of sp³-hybridized carbons (Fsp3) is 0.500. The van der Waals surface area contributed by atoms with Crippen LogP contribution in [0.1, 0.15) is 24.1 Å². The lowest BCUT2D eigenvalue weighted by atomic mass is 10.1. The van der Waals surface area contributed by atoms with E-state index in [1.54, 1.807) is 0 Å². The predicted octanol–water partition coefficient (Wildman–Crippen LogP) is 1.87. The summed E-state index contributed by atoms with van der Waals surface area (Å²) in [7, 11) is 0. The molecule has 0 spiro atoms. The molecule has 1 aliphatic rings. The van der Waals surface area contributed by atoms with Gasteiger partial charge in [0.2, 0.25) is 0 Å². The van der Waals surface area contributed by atoms with E-state index in [-0.39, 0.29) is 0 Å². The molecule has 3 nitrogen and oxygen atoms in total. The molecule has 3 heteroatoms. The topological polar surface area (TPSA) is 33.2 Å². The Kier molecular flexibility index (Phi) is 2.71. The molecule has 0 bridgehead atoms. The largest absolute Gasteiger partial charge is 0.356 e. The highest BCUT2D eigenvalue weighted by Gasteiger charge is 2.17. The maximum Gasteiger partial charge on any atom is 0.136 e. The van der Waals surface area contributed by atoms with Crippen molar-refractivity contribution in [2.24, 2.45) is 0 Å². The number of hydrogen-bond donors (Lipinski definition) is 0. The SMILES string of the molecule is Cc1ccc(N2CCC(=O)CC2)nc1C. The van der Waals surface area contributed by atoms with E-state index in [9.17, 15) is 4.79 Å². The van der Waals surface area contributed by atoms with E-state index in [0.717, 1.165) is 24.6 Å².